The largest absolute Gasteiger partial charge is 0.508 e. The van der Waals surface area contributed by atoms with Crippen LogP contribution >= 0.6 is 0 Å². The number of halogens is 2. The van der Waals surface area contributed by atoms with Gasteiger partial charge in [0, 0.05) is 18.0 Å². The fraction of sp³-hybridized carbons (Fsp3) is 0.619. The number of hydrogen-bond acceptors (Lipinski definition) is 5. The summed E-state index contributed by atoms with van der Waals surface area (Å²) in [7, 11) is 0. The highest BCUT2D eigenvalue weighted by atomic mass is 19.3. The van der Waals surface area contributed by atoms with E-state index >= 15 is 0 Å². The number of carbonyl (C=O) groups excluding carboxylic acids is 2. The third kappa shape index (κ3) is 2.42. The lowest BCUT2D eigenvalue weighted by atomic mass is 9.55. The third-order valence-electron chi connectivity index (χ3n) is 7.90. The molecular formula is C21H25F2N3O4. The number of nitrogens with one attached hydrogen (secondary N) is 2. The number of carbonyl (C=O) groups is 2. The van der Waals surface area contributed by atoms with Crippen molar-refractivity contribution >= 4 is 11.9 Å². The monoisotopic (exact) mass is 421 g/mol. The Morgan fingerprint density at radius 3 is 2.73 bits per heavy atom. The normalized spacial score (nSPS) is 40.2. The molecule has 4 aliphatic rings. The highest BCUT2D eigenvalue weighted by Gasteiger charge is 2.74. The molecule has 5 atom stereocenters. The van der Waals surface area contributed by atoms with Gasteiger partial charge in [-0.15, -0.1) is 0 Å². The molecule has 4 N–H and O–H groups in total. The number of rotatable bonds is 3. The first kappa shape index (κ1) is 19.7. The number of aromatic hydroxyl groups is 1. The highest BCUT2D eigenvalue weighted by molar-refractivity contribution is 6.07. The maximum atomic E-state index is 13.1. The van der Waals surface area contributed by atoms with E-state index in [2.05, 4.69) is 10.6 Å². The van der Waals surface area contributed by atoms with Crippen LogP contribution in [0.15, 0.2) is 18.2 Å². The van der Waals surface area contributed by atoms with Crippen LogP contribution in [-0.4, -0.2) is 63.7 Å². The molecule has 2 heterocycles. The molecule has 2 saturated heterocycles. The second-order valence-electron chi connectivity index (χ2n) is 9.43. The van der Waals surface area contributed by atoms with E-state index in [-0.39, 0.29) is 30.9 Å². The zero-order valence-electron chi connectivity index (χ0n) is 16.6. The second kappa shape index (κ2) is 6.13. The third-order valence-corrected chi connectivity index (χ3v) is 7.90. The van der Waals surface area contributed by atoms with Crippen molar-refractivity contribution in [2.24, 2.45) is 5.92 Å². The first-order valence-electron chi connectivity index (χ1n) is 10.3. The van der Waals surface area contributed by atoms with Gasteiger partial charge < -0.3 is 15.5 Å². The summed E-state index contributed by atoms with van der Waals surface area (Å²) in [4.78, 5) is 26.3. The van der Waals surface area contributed by atoms with Gasteiger partial charge in [-0.1, -0.05) is 6.07 Å². The molecule has 5 rings (SSSR count). The van der Waals surface area contributed by atoms with Crippen molar-refractivity contribution in [3.05, 3.63) is 29.3 Å². The lowest BCUT2D eigenvalue weighted by Gasteiger charge is -2.57. The van der Waals surface area contributed by atoms with E-state index in [9.17, 15) is 28.6 Å². The van der Waals surface area contributed by atoms with Crippen molar-refractivity contribution < 1.29 is 28.6 Å². The van der Waals surface area contributed by atoms with Gasteiger partial charge in [0.1, 0.15) is 11.3 Å². The van der Waals surface area contributed by atoms with Crippen LogP contribution in [0, 0.1) is 12.8 Å². The first-order chi connectivity index (χ1) is 14.1. The van der Waals surface area contributed by atoms with E-state index in [0.29, 0.717) is 18.5 Å². The lowest BCUT2D eigenvalue weighted by Crippen LogP contribution is -2.70. The number of fused-ring (bicyclic) bond motifs is 3. The summed E-state index contributed by atoms with van der Waals surface area (Å²) in [5, 5.41) is 27.4. The van der Waals surface area contributed by atoms with Crippen LogP contribution in [0.3, 0.4) is 0 Å². The van der Waals surface area contributed by atoms with Crippen LogP contribution in [0.25, 0.3) is 0 Å². The quantitative estimate of drug-likeness (QED) is 0.553. The number of hydrogen-bond donors (Lipinski definition) is 4. The molecule has 4 fully saturated rings. The van der Waals surface area contributed by atoms with E-state index in [1.807, 2.05) is 6.92 Å². The summed E-state index contributed by atoms with van der Waals surface area (Å²) < 4.78 is 26.3. The predicted octanol–water partition coefficient (Wildman–Crippen LogP) is 1.40. The Bertz CT molecular complexity index is 943. The van der Waals surface area contributed by atoms with Crippen LogP contribution in [0.5, 0.6) is 5.75 Å². The molecule has 30 heavy (non-hydrogen) atoms. The summed E-state index contributed by atoms with van der Waals surface area (Å²) in [5.41, 5.74) is -1.89. The number of urea groups is 1. The summed E-state index contributed by atoms with van der Waals surface area (Å²) >= 11 is 0. The minimum absolute atomic E-state index is 0.00538. The number of alkyl halides is 2. The van der Waals surface area contributed by atoms with Gasteiger partial charge in [-0.3, -0.25) is 15.0 Å². The van der Waals surface area contributed by atoms with Gasteiger partial charge >= 0.3 is 6.03 Å². The number of benzene rings is 1. The topological polar surface area (TPSA) is 102 Å². The molecule has 3 unspecified atom stereocenters. The van der Waals surface area contributed by atoms with Gasteiger partial charge in [0.15, 0.2) is 0 Å². The molecule has 2 saturated carbocycles. The Labute approximate surface area is 172 Å². The van der Waals surface area contributed by atoms with Gasteiger partial charge in [0.2, 0.25) is 0 Å². The fourth-order valence-corrected chi connectivity index (χ4v) is 6.83. The van der Waals surface area contributed by atoms with E-state index < -0.39 is 47.5 Å². The number of amides is 3. The predicted molar refractivity (Wildman–Crippen MR) is 102 cm³/mol. The molecule has 0 bridgehead atoms. The van der Waals surface area contributed by atoms with Crippen LogP contribution < -0.4 is 10.6 Å². The average molecular weight is 421 g/mol. The molecule has 7 nitrogen and oxygen atoms in total. The Kier molecular flexibility index (Phi) is 4.03. The zero-order chi connectivity index (χ0) is 21.5. The molecule has 1 aromatic carbocycles. The summed E-state index contributed by atoms with van der Waals surface area (Å²) in [6.45, 7) is 1.93. The number of likely N-dealkylation sites (tertiary alicyclic amines) is 1. The Balaban J connectivity index is 1.64. The second-order valence-corrected chi connectivity index (χ2v) is 9.43. The molecule has 2 aliphatic heterocycles. The van der Waals surface area contributed by atoms with Crippen molar-refractivity contribution in [2.45, 2.75) is 61.6 Å². The SMILES string of the molecule is Cc1ccc(O)cc1C12CC3CN(CC(F)F)C3[C@]1(O)CC[C@@]1(C2)NC(=O)NC1=O. The van der Waals surface area contributed by atoms with Crippen molar-refractivity contribution in [3.8, 4) is 5.75 Å². The highest BCUT2D eigenvalue weighted by Crippen LogP contribution is 2.65. The minimum atomic E-state index is -2.50. The first-order valence-corrected chi connectivity index (χ1v) is 10.3. The van der Waals surface area contributed by atoms with Crippen molar-refractivity contribution in [1.29, 1.82) is 0 Å². The van der Waals surface area contributed by atoms with E-state index in [1.54, 1.807) is 23.1 Å². The van der Waals surface area contributed by atoms with E-state index in [1.165, 1.54) is 0 Å². The van der Waals surface area contributed by atoms with Crippen LogP contribution in [0.1, 0.15) is 36.8 Å². The minimum Gasteiger partial charge on any atom is -0.508 e. The summed E-state index contributed by atoms with van der Waals surface area (Å²) in [6, 6.07) is 3.92. The molecule has 2 aliphatic carbocycles. The molecule has 162 valence electrons. The number of imide groups is 1. The smallest absolute Gasteiger partial charge is 0.322 e. The number of phenolic OH excluding ortho intramolecular Hbond substituents is 1. The maximum absolute atomic E-state index is 13.1. The lowest BCUT2D eigenvalue weighted by molar-refractivity contribution is -0.153. The Morgan fingerprint density at radius 2 is 2.07 bits per heavy atom. The number of aryl methyl sites for hydroxylation is 1. The molecular weight excluding hydrogens is 396 g/mol. The number of aliphatic hydroxyl groups is 1. The Hall–Kier alpha value is -2.26. The molecule has 9 heteroatoms. The molecule has 0 radical (unpaired) electrons. The van der Waals surface area contributed by atoms with Crippen molar-refractivity contribution in [1.82, 2.24) is 15.5 Å². The van der Waals surface area contributed by atoms with E-state index in [0.717, 1.165) is 5.56 Å². The van der Waals surface area contributed by atoms with Gasteiger partial charge in [0.25, 0.3) is 12.3 Å². The van der Waals surface area contributed by atoms with Crippen molar-refractivity contribution in [3.63, 3.8) is 0 Å². The molecule has 0 aromatic heterocycles. The fourth-order valence-electron chi connectivity index (χ4n) is 6.83. The van der Waals surface area contributed by atoms with Crippen LogP contribution in [-0.2, 0) is 10.2 Å². The number of phenols is 1. The standard InChI is InChI=1S/C21H25F2N3O4/c1-11-2-3-13(27)6-14(11)19-7-12-8-26(9-15(22)23)16(12)21(19,30)5-4-20(10-19)17(28)24-18(29)25-20/h2-3,6,12,15-16,27,30H,4-5,7-10H2,1H3,(H2,24,25,28,29)/t12?,16?,19?,20-,21+/m0/s1. The van der Waals surface area contributed by atoms with Crippen LogP contribution in [0.4, 0.5) is 13.6 Å². The van der Waals surface area contributed by atoms with Crippen LogP contribution in [0.2, 0.25) is 0 Å². The van der Waals surface area contributed by atoms with E-state index in [4.69, 9.17) is 0 Å². The van der Waals surface area contributed by atoms with Crippen molar-refractivity contribution in [2.75, 3.05) is 13.1 Å². The average Bonchev–Trinajstić information content (AvgIpc) is 3.02. The summed E-state index contributed by atoms with van der Waals surface area (Å²) in [6.07, 6.45) is -1.41. The maximum Gasteiger partial charge on any atom is 0.322 e. The Morgan fingerprint density at radius 1 is 1.30 bits per heavy atom. The zero-order valence-corrected chi connectivity index (χ0v) is 16.6. The summed E-state index contributed by atoms with van der Waals surface area (Å²) in [5.74, 6) is -0.378. The van der Waals surface area contributed by atoms with Gasteiger partial charge in [-0.05, 0) is 61.8 Å². The van der Waals surface area contributed by atoms with Gasteiger partial charge in [-0.2, -0.15) is 0 Å². The van der Waals surface area contributed by atoms with Gasteiger partial charge in [0.05, 0.1) is 12.1 Å². The van der Waals surface area contributed by atoms with Gasteiger partial charge in [-0.25, -0.2) is 13.6 Å². The molecule has 3 amide bonds. The molecule has 1 spiro atoms. The number of nitrogens with zero attached hydrogens (tertiary/aromatic N) is 1. The molecule has 1 aromatic rings.